The Kier molecular flexibility index (Phi) is 4.40. The van der Waals surface area contributed by atoms with Gasteiger partial charge in [-0.15, -0.1) is 10.2 Å². The first-order valence-electron chi connectivity index (χ1n) is 8.52. The fourth-order valence-corrected chi connectivity index (χ4v) is 2.99. The van der Waals surface area contributed by atoms with Gasteiger partial charge >= 0.3 is 0 Å². The van der Waals surface area contributed by atoms with Crippen molar-refractivity contribution >= 4 is 11.6 Å². The standard InChI is InChI=1S/C18H19N7O/c1-25-11-22-24-17(25)12-4-6-14(7-5-12)23-18(26)13-9-20-16(21-10-13)15-3-2-8-19-15/h4-7,9-11,15,19H,2-3,8H2,1H3,(H,23,26). The zero-order valence-corrected chi connectivity index (χ0v) is 14.4. The predicted molar refractivity (Wildman–Crippen MR) is 96.4 cm³/mol. The maximum atomic E-state index is 12.4. The van der Waals surface area contributed by atoms with Crippen LogP contribution in [0.1, 0.15) is 35.1 Å². The Balaban J connectivity index is 1.43. The molecule has 0 radical (unpaired) electrons. The SMILES string of the molecule is Cn1cnnc1-c1ccc(NC(=O)c2cnc(C3CCCN3)nc2)cc1. The minimum atomic E-state index is -0.234. The Morgan fingerprint density at radius 3 is 2.62 bits per heavy atom. The molecular formula is C18H19N7O. The molecule has 3 heterocycles. The van der Waals surface area contributed by atoms with E-state index < -0.39 is 0 Å². The highest BCUT2D eigenvalue weighted by atomic mass is 16.1. The highest BCUT2D eigenvalue weighted by Crippen LogP contribution is 2.20. The molecular weight excluding hydrogens is 330 g/mol. The molecule has 0 bridgehead atoms. The lowest BCUT2D eigenvalue weighted by atomic mass is 10.2. The topological polar surface area (TPSA) is 97.6 Å². The Morgan fingerprint density at radius 1 is 1.23 bits per heavy atom. The van der Waals surface area contributed by atoms with E-state index in [0.29, 0.717) is 11.3 Å². The van der Waals surface area contributed by atoms with Crippen molar-refractivity contribution in [2.75, 3.05) is 11.9 Å². The van der Waals surface area contributed by atoms with Gasteiger partial charge < -0.3 is 15.2 Å². The number of anilines is 1. The van der Waals surface area contributed by atoms with E-state index in [0.717, 1.165) is 36.6 Å². The summed E-state index contributed by atoms with van der Waals surface area (Å²) >= 11 is 0. The summed E-state index contributed by atoms with van der Waals surface area (Å²) in [6, 6.07) is 7.65. The summed E-state index contributed by atoms with van der Waals surface area (Å²) in [5, 5.41) is 14.1. The van der Waals surface area contributed by atoms with E-state index in [2.05, 4.69) is 30.8 Å². The van der Waals surface area contributed by atoms with Crippen LogP contribution in [0, 0.1) is 0 Å². The van der Waals surface area contributed by atoms with Crippen LogP contribution in [0.5, 0.6) is 0 Å². The van der Waals surface area contributed by atoms with Gasteiger partial charge in [0.25, 0.3) is 5.91 Å². The Morgan fingerprint density at radius 2 is 2.00 bits per heavy atom. The van der Waals surface area contributed by atoms with Crippen molar-refractivity contribution in [3.05, 3.63) is 54.4 Å². The number of amides is 1. The molecule has 1 aliphatic rings. The third-order valence-electron chi connectivity index (χ3n) is 4.42. The number of hydrogen-bond donors (Lipinski definition) is 2. The summed E-state index contributed by atoms with van der Waals surface area (Å²) in [5.74, 6) is 1.28. The van der Waals surface area contributed by atoms with E-state index in [1.165, 1.54) is 0 Å². The van der Waals surface area contributed by atoms with Gasteiger partial charge in [-0.1, -0.05) is 0 Å². The monoisotopic (exact) mass is 349 g/mol. The van der Waals surface area contributed by atoms with Crippen LogP contribution >= 0.6 is 0 Å². The molecule has 1 aliphatic heterocycles. The number of benzene rings is 1. The van der Waals surface area contributed by atoms with E-state index in [1.54, 1.807) is 18.7 Å². The first kappa shape index (κ1) is 16.3. The molecule has 3 aromatic rings. The zero-order chi connectivity index (χ0) is 17.9. The predicted octanol–water partition coefficient (Wildman–Crippen LogP) is 1.95. The minimum Gasteiger partial charge on any atom is -0.322 e. The van der Waals surface area contributed by atoms with Gasteiger partial charge in [-0.3, -0.25) is 4.79 Å². The second kappa shape index (κ2) is 7.01. The molecule has 0 saturated carbocycles. The van der Waals surface area contributed by atoms with Gasteiger partial charge in [-0.05, 0) is 43.7 Å². The second-order valence-electron chi connectivity index (χ2n) is 6.28. The molecule has 1 amide bonds. The molecule has 1 unspecified atom stereocenters. The van der Waals surface area contributed by atoms with Crippen LogP contribution in [0.4, 0.5) is 5.69 Å². The third kappa shape index (κ3) is 3.31. The molecule has 2 aromatic heterocycles. The minimum absolute atomic E-state index is 0.195. The number of nitrogens with zero attached hydrogens (tertiary/aromatic N) is 5. The second-order valence-corrected chi connectivity index (χ2v) is 6.28. The Hall–Kier alpha value is -3.13. The number of aryl methyl sites for hydroxylation is 1. The molecule has 4 rings (SSSR count). The summed E-state index contributed by atoms with van der Waals surface area (Å²) < 4.78 is 1.84. The molecule has 132 valence electrons. The highest BCUT2D eigenvalue weighted by molar-refractivity contribution is 6.03. The number of hydrogen-bond acceptors (Lipinski definition) is 6. The van der Waals surface area contributed by atoms with Gasteiger partial charge in [0.2, 0.25) is 0 Å². The summed E-state index contributed by atoms with van der Waals surface area (Å²) in [4.78, 5) is 21.0. The number of carbonyl (C=O) groups is 1. The molecule has 1 fully saturated rings. The van der Waals surface area contributed by atoms with Crippen LogP contribution in [-0.4, -0.2) is 37.2 Å². The lowest BCUT2D eigenvalue weighted by Gasteiger charge is -2.09. The maximum Gasteiger partial charge on any atom is 0.258 e. The largest absolute Gasteiger partial charge is 0.322 e. The molecule has 1 saturated heterocycles. The van der Waals surface area contributed by atoms with E-state index in [1.807, 2.05) is 35.9 Å². The summed E-state index contributed by atoms with van der Waals surface area (Å²) in [6.07, 6.45) is 6.96. The smallest absolute Gasteiger partial charge is 0.258 e. The van der Waals surface area contributed by atoms with E-state index in [4.69, 9.17) is 0 Å². The lowest BCUT2D eigenvalue weighted by Crippen LogP contribution is -2.17. The summed E-state index contributed by atoms with van der Waals surface area (Å²) in [7, 11) is 1.88. The quantitative estimate of drug-likeness (QED) is 0.747. The Labute approximate surface area is 150 Å². The van der Waals surface area contributed by atoms with Crippen LogP contribution < -0.4 is 10.6 Å². The first-order valence-corrected chi connectivity index (χ1v) is 8.52. The van der Waals surface area contributed by atoms with Crippen LogP contribution in [0.15, 0.2) is 43.0 Å². The number of rotatable bonds is 4. The van der Waals surface area contributed by atoms with Gasteiger partial charge in [-0.25, -0.2) is 9.97 Å². The molecule has 0 aliphatic carbocycles. The summed E-state index contributed by atoms with van der Waals surface area (Å²) in [6.45, 7) is 0.987. The average Bonchev–Trinajstić information content (AvgIpc) is 3.34. The van der Waals surface area contributed by atoms with Crippen molar-refractivity contribution in [3.8, 4) is 11.4 Å². The lowest BCUT2D eigenvalue weighted by molar-refractivity contribution is 0.102. The normalized spacial score (nSPS) is 16.6. The molecule has 8 nitrogen and oxygen atoms in total. The van der Waals surface area contributed by atoms with Gasteiger partial charge in [0.05, 0.1) is 11.6 Å². The number of aromatic nitrogens is 5. The Bertz CT molecular complexity index is 896. The van der Waals surface area contributed by atoms with Crippen molar-refractivity contribution in [1.82, 2.24) is 30.0 Å². The maximum absolute atomic E-state index is 12.4. The van der Waals surface area contributed by atoms with Crippen LogP contribution in [0.25, 0.3) is 11.4 Å². The molecule has 0 spiro atoms. The average molecular weight is 349 g/mol. The van der Waals surface area contributed by atoms with E-state index >= 15 is 0 Å². The molecule has 8 heteroatoms. The van der Waals surface area contributed by atoms with Gasteiger partial charge in [-0.2, -0.15) is 0 Å². The fourth-order valence-electron chi connectivity index (χ4n) is 2.99. The molecule has 2 N–H and O–H groups in total. The van der Waals surface area contributed by atoms with Crippen molar-refractivity contribution in [3.63, 3.8) is 0 Å². The van der Waals surface area contributed by atoms with Gasteiger partial charge in [0.1, 0.15) is 12.2 Å². The summed E-state index contributed by atoms with van der Waals surface area (Å²) in [5.41, 5.74) is 2.06. The van der Waals surface area contributed by atoms with Crippen LogP contribution in [0.3, 0.4) is 0 Å². The van der Waals surface area contributed by atoms with Crippen molar-refractivity contribution in [2.24, 2.45) is 7.05 Å². The van der Waals surface area contributed by atoms with Crippen molar-refractivity contribution in [1.29, 1.82) is 0 Å². The van der Waals surface area contributed by atoms with Crippen LogP contribution in [0.2, 0.25) is 0 Å². The van der Waals surface area contributed by atoms with E-state index in [-0.39, 0.29) is 11.9 Å². The van der Waals surface area contributed by atoms with Gasteiger partial charge in [0.15, 0.2) is 5.82 Å². The van der Waals surface area contributed by atoms with Gasteiger partial charge in [0, 0.05) is 30.7 Å². The zero-order valence-electron chi connectivity index (χ0n) is 14.4. The number of carbonyl (C=O) groups excluding carboxylic acids is 1. The van der Waals surface area contributed by atoms with E-state index in [9.17, 15) is 4.79 Å². The highest BCUT2D eigenvalue weighted by Gasteiger charge is 2.19. The number of nitrogens with one attached hydrogen (secondary N) is 2. The first-order chi connectivity index (χ1) is 12.7. The van der Waals surface area contributed by atoms with Crippen molar-refractivity contribution in [2.45, 2.75) is 18.9 Å². The van der Waals surface area contributed by atoms with Crippen molar-refractivity contribution < 1.29 is 4.79 Å². The van der Waals surface area contributed by atoms with Crippen LogP contribution in [-0.2, 0) is 7.05 Å². The molecule has 1 aromatic carbocycles. The third-order valence-corrected chi connectivity index (χ3v) is 4.42. The molecule has 1 atom stereocenters. The fraction of sp³-hybridized carbons (Fsp3) is 0.278. The molecule has 26 heavy (non-hydrogen) atoms.